The summed E-state index contributed by atoms with van der Waals surface area (Å²) < 4.78 is 5.36. The number of esters is 1. The van der Waals surface area contributed by atoms with Crippen molar-refractivity contribution in [3.05, 3.63) is 11.6 Å². The summed E-state index contributed by atoms with van der Waals surface area (Å²) in [6, 6.07) is 0. The molecule has 0 heterocycles. The molecule has 4 aliphatic rings. The summed E-state index contributed by atoms with van der Waals surface area (Å²) in [6.45, 7) is 5.65. The van der Waals surface area contributed by atoms with Gasteiger partial charge in [0.25, 0.3) is 0 Å². The molecule has 0 saturated heterocycles. The molecule has 0 aromatic heterocycles. The molecule has 0 radical (unpaired) electrons. The molecular weight excluding hydrogens is 356 g/mol. The number of carbonyl (C=O) groups excluding carboxylic acids is 1. The number of terminal acetylenes is 1. The van der Waals surface area contributed by atoms with Crippen molar-refractivity contribution >= 4 is 5.97 Å². The van der Waals surface area contributed by atoms with E-state index in [0.717, 1.165) is 31.3 Å². The van der Waals surface area contributed by atoms with E-state index in [1.807, 2.05) is 6.92 Å². The third-order valence-electron chi connectivity index (χ3n) is 8.90. The molecule has 9 atom stereocenters. The van der Waals surface area contributed by atoms with E-state index < -0.39 is 29.3 Å². The average Bonchev–Trinajstić information content (AvgIpc) is 2.85. The van der Waals surface area contributed by atoms with E-state index in [1.165, 1.54) is 6.92 Å². The molecule has 3 fully saturated rings. The lowest BCUT2D eigenvalue weighted by molar-refractivity contribution is -0.157. The van der Waals surface area contributed by atoms with E-state index in [1.54, 1.807) is 0 Å². The van der Waals surface area contributed by atoms with Gasteiger partial charge >= 0.3 is 5.97 Å². The molecule has 0 aromatic rings. The number of aliphatic hydroxyl groups excluding tert-OH is 2. The maximum atomic E-state index is 11.4. The molecule has 0 aromatic carbocycles. The Hall–Kier alpha value is -1.35. The van der Waals surface area contributed by atoms with Crippen molar-refractivity contribution in [1.82, 2.24) is 0 Å². The second-order valence-electron chi connectivity index (χ2n) is 9.94. The lowest BCUT2D eigenvalue weighted by Gasteiger charge is -2.59. The van der Waals surface area contributed by atoms with Crippen LogP contribution in [0.2, 0.25) is 0 Å². The summed E-state index contributed by atoms with van der Waals surface area (Å²) in [5.74, 6) is 3.01. The molecule has 0 spiro atoms. The van der Waals surface area contributed by atoms with Crippen LogP contribution >= 0.6 is 0 Å². The quantitative estimate of drug-likeness (QED) is 0.364. The van der Waals surface area contributed by atoms with Gasteiger partial charge in [0.15, 0.2) is 5.60 Å². The highest BCUT2D eigenvalue weighted by atomic mass is 16.6. The Morgan fingerprint density at radius 1 is 1.25 bits per heavy atom. The Morgan fingerprint density at radius 3 is 2.61 bits per heavy atom. The minimum atomic E-state index is -1.47. The van der Waals surface area contributed by atoms with Crippen molar-refractivity contribution in [1.29, 1.82) is 0 Å². The van der Waals surface area contributed by atoms with Crippen molar-refractivity contribution in [2.75, 3.05) is 0 Å². The maximum absolute atomic E-state index is 11.4. The Labute approximate surface area is 167 Å². The number of fused-ring (bicyclic) bond motifs is 5. The van der Waals surface area contributed by atoms with Gasteiger partial charge in [0.2, 0.25) is 0 Å². The summed E-state index contributed by atoms with van der Waals surface area (Å²) in [4.78, 5) is 11.4. The van der Waals surface area contributed by atoms with Crippen molar-refractivity contribution < 1.29 is 24.9 Å². The molecule has 3 N–H and O–H groups in total. The van der Waals surface area contributed by atoms with Crippen molar-refractivity contribution in [2.45, 2.75) is 83.2 Å². The minimum absolute atomic E-state index is 0.151. The molecule has 0 amide bonds. The normalized spacial score (nSPS) is 52.5. The molecule has 4 aliphatic carbocycles. The maximum Gasteiger partial charge on any atom is 0.303 e. The third-order valence-corrected chi connectivity index (χ3v) is 8.90. The Bertz CT molecular complexity index is 753. The van der Waals surface area contributed by atoms with Gasteiger partial charge in [0.05, 0.1) is 6.10 Å². The summed E-state index contributed by atoms with van der Waals surface area (Å²) in [5.41, 5.74) is -1.11. The molecule has 0 bridgehead atoms. The van der Waals surface area contributed by atoms with Crippen LogP contribution in [0.3, 0.4) is 0 Å². The van der Waals surface area contributed by atoms with Crippen LogP contribution in [0.4, 0.5) is 0 Å². The van der Waals surface area contributed by atoms with Gasteiger partial charge < -0.3 is 20.1 Å². The zero-order valence-electron chi connectivity index (χ0n) is 17.0. The first-order chi connectivity index (χ1) is 13.1. The van der Waals surface area contributed by atoms with E-state index in [-0.39, 0.29) is 17.3 Å². The average molecular weight is 389 g/mol. The highest BCUT2D eigenvalue weighted by Crippen LogP contribution is 2.67. The lowest BCUT2D eigenvalue weighted by Crippen LogP contribution is -2.57. The Morgan fingerprint density at radius 2 is 1.96 bits per heavy atom. The highest BCUT2D eigenvalue weighted by molar-refractivity contribution is 5.66. The van der Waals surface area contributed by atoms with Gasteiger partial charge in [-0.05, 0) is 67.3 Å². The van der Waals surface area contributed by atoms with E-state index in [4.69, 9.17) is 11.2 Å². The van der Waals surface area contributed by atoms with Crippen molar-refractivity contribution in [2.24, 2.45) is 28.6 Å². The fraction of sp³-hybridized carbons (Fsp3) is 0.783. The monoisotopic (exact) mass is 388 g/mol. The Kier molecular flexibility index (Phi) is 4.50. The molecule has 154 valence electrons. The van der Waals surface area contributed by atoms with Crippen LogP contribution < -0.4 is 0 Å². The number of rotatable bonds is 1. The highest BCUT2D eigenvalue weighted by Gasteiger charge is 2.67. The molecule has 0 aliphatic heterocycles. The molecule has 4 rings (SSSR count). The van der Waals surface area contributed by atoms with Gasteiger partial charge in [-0.2, -0.15) is 0 Å². The van der Waals surface area contributed by atoms with Gasteiger partial charge in [-0.1, -0.05) is 25.8 Å². The summed E-state index contributed by atoms with van der Waals surface area (Å²) in [5, 5.41) is 32.6. The third kappa shape index (κ3) is 2.41. The van der Waals surface area contributed by atoms with Crippen LogP contribution in [0.5, 0.6) is 0 Å². The predicted octanol–water partition coefficient (Wildman–Crippen LogP) is 2.19. The van der Waals surface area contributed by atoms with Gasteiger partial charge in [0.1, 0.15) is 12.2 Å². The predicted molar refractivity (Wildman–Crippen MR) is 104 cm³/mol. The largest absolute Gasteiger partial charge is 0.459 e. The van der Waals surface area contributed by atoms with Crippen LogP contribution in [-0.2, 0) is 9.53 Å². The SMILES string of the molecule is C#C[C@]1(O)[C@H](O)C[C@H]2[C@@H]3CC=C4[C@@H](O)[C@@H](OC(C)=O)CC[C@]4(C)[C@H]3CC[C@@]21C. The summed E-state index contributed by atoms with van der Waals surface area (Å²) in [7, 11) is 0. The molecule has 0 unspecified atom stereocenters. The Balaban J connectivity index is 1.67. The zero-order valence-corrected chi connectivity index (χ0v) is 17.0. The van der Waals surface area contributed by atoms with Crippen molar-refractivity contribution in [3.8, 4) is 12.3 Å². The molecular formula is C23H32O5. The second kappa shape index (κ2) is 6.32. The van der Waals surface area contributed by atoms with Gasteiger partial charge in [-0.25, -0.2) is 0 Å². The van der Waals surface area contributed by atoms with Gasteiger partial charge in [0, 0.05) is 12.3 Å². The van der Waals surface area contributed by atoms with E-state index >= 15 is 0 Å². The molecule has 5 nitrogen and oxygen atoms in total. The summed E-state index contributed by atoms with van der Waals surface area (Å²) in [6.07, 6.45) is 10.2. The first-order valence-electron chi connectivity index (χ1n) is 10.5. The van der Waals surface area contributed by atoms with Crippen LogP contribution in [0.15, 0.2) is 11.6 Å². The smallest absolute Gasteiger partial charge is 0.303 e. The van der Waals surface area contributed by atoms with Gasteiger partial charge in [-0.15, -0.1) is 6.42 Å². The van der Waals surface area contributed by atoms with E-state index in [2.05, 4.69) is 18.9 Å². The topological polar surface area (TPSA) is 87.0 Å². The van der Waals surface area contributed by atoms with Crippen LogP contribution in [0.1, 0.15) is 59.3 Å². The fourth-order valence-corrected chi connectivity index (χ4v) is 7.32. The summed E-state index contributed by atoms with van der Waals surface area (Å²) >= 11 is 0. The lowest BCUT2D eigenvalue weighted by atomic mass is 9.46. The van der Waals surface area contributed by atoms with Gasteiger partial charge in [-0.3, -0.25) is 4.79 Å². The zero-order chi connectivity index (χ0) is 20.5. The van der Waals surface area contributed by atoms with Crippen LogP contribution in [0.25, 0.3) is 0 Å². The van der Waals surface area contributed by atoms with Crippen LogP contribution in [0, 0.1) is 40.9 Å². The standard InChI is InChI=1S/C23H32O5/c1-5-23(27)19(25)12-17-14-6-7-16-20(26)18(28-13(2)24)9-10-21(16,3)15(14)8-11-22(17,23)4/h1,7,14-15,17-20,25-27H,6,8-12H2,2-4H3/t14-,15+,17+,18+,19-,20-,21-,22+,23+/m1/s1. The van der Waals surface area contributed by atoms with Crippen LogP contribution in [-0.4, -0.2) is 45.2 Å². The number of aliphatic hydroxyl groups is 3. The second-order valence-corrected chi connectivity index (χ2v) is 9.94. The minimum Gasteiger partial charge on any atom is -0.459 e. The first kappa shape index (κ1) is 19.9. The van der Waals surface area contributed by atoms with Crippen molar-refractivity contribution in [3.63, 3.8) is 0 Å². The number of hydrogen-bond acceptors (Lipinski definition) is 5. The molecule has 28 heavy (non-hydrogen) atoms. The molecule has 5 heteroatoms. The van der Waals surface area contributed by atoms with E-state index in [0.29, 0.717) is 24.7 Å². The number of ether oxygens (including phenoxy) is 1. The molecule has 3 saturated carbocycles. The van der Waals surface area contributed by atoms with E-state index in [9.17, 15) is 20.1 Å². The number of hydrogen-bond donors (Lipinski definition) is 3. The number of carbonyl (C=O) groups is 1. The fourth-order valence-electron chi connectivity index (χ4n) is 7.32. The first-order valence-corrected chi connectivity index (χ1v) is 10.5. The number of allylic oxidation sites excluding steroid dienone is 1.